The molecule has 0 aliphatic carbocycles. The van der Waals surface area contributed by atoms with Crippen molar-refractivity contribution in [2.45, 2.75) is 32.4 Å². The monoisotopic (exact) mass is 219 g/mol. The van der Waals surface area contributed by atoms with Gasteiger partial charge in [-0.05, 0) is 44.5 Å². The topological polar surface area (TPSA) is 38.3 Å². The van der Waals surface area contributed by atoms with Gasteiger partial charge in [-0.25, -0.2) is 0 Å². The Bertz CT molecular complexity index is 372. The Morgan fingerprint density at radius 3 is 2.56 bits per heavy atom. The van der Waals surface area contributed by atoms with Crippen LogP contribution < -0.4 is 5.32 Å². The van der Waals surface area contributed by atoms with Crippen LogP contribution >= 0.6 is 0 Å². The molecule has 1 fully saturated rings. The molecule has 0 spiro atoms. The van der Waals surface area contributed by atoms with E-state index in [1.165, 1.54) is 0 Å². The highest BCUT2D eigenvalue weighted by atomic mass is 16.5. The van der Waals surface area contributed by atoms with Crippen LogP contribution in [-0.4, -0.2) is 24.5 Å². The average molecular weight is 219 g/mol. The lowest BCUT2D eigenvalue weighted by Crippen LogP contribution is -2.26. The first-order chi connectivity index (χ1) is 7.66. The van der Waals surface area contributed by atoms with Crippen LogP contribution in [0.3, 0.4) is 0 Å². The van der Waals surface area contributed by atoms with E-state index in [2.05, 4.69) is 12.2 Å². The molecule has 1 heterocycles. The second-order valence-electron chi connectivity index (χ2n) is 4.25. The SMILES string of the molecule is CC(=O)c1ccc(NC2CCOC2C)cc1. The molecule has 2 rings (SSSR count). The molecule has 3 nitrogen and oxygen atoms in total. The molecular weight excluding hydrogens is 202 g/mol. The van der Waals surface area contributed by atoms with E-state index in [9.17, 15) is 4.79 Å². The molecule has 1 aliphatic rings. The van der Waals surface area contributed by atoms with E-state index in [0.717, 1.165) is 24.3 Å². The largest absolute Gasteiger partial charge is 0.380 e. The van der Waals surface area contributed by atoms with Crippen LogP contribution in [0.25, 0.3) is 0 Å². The second-order valence-corrected chi connectivity index (χ2v) is 4.25. The van der Waals surface area contributed by atoms with E-state index in [-0.39, 0.29) is 11.9 Å². The van der Waals surface area contributed by atoms with Gasteiger partial charge >= 0.3 is 0 Å². The molecule has 2 atom stereocenters. The van der Waals surface area contributed by atoms with E-state index >= 15 is 0 Å². The van der Waals surface area contributed by atoms with Gasteiger partial charge < -0.3 is 10.1 Å². The summed E-state index contributed by atoms with van der Waals surface area (Å²) >= 11 is 0. The van der Waals surface area contributed by atoms with Crippen LogP contribution in [0.2, 0.25) is 0 Å². The third-order valence-electron chi connectivity index (χ3n) is 3.02. The Balaban J connectivity index is 2.02. The zero-order valence-electron chi connectivity index (χ0n) is 9.69. The molecule has 3 heteroatoms. The fraction of sp³-hybridized carbons (Fsp3) is 0.462. The highest BCUT2D eigenvalue weighted by Gasteiger charge is 2.23. The standard InChI is InChI=1S/C13H17NO2/c1-9(15)11-3-5-12(6-4-11)14-13-7-8-16-10(13)2/h3-6,10,13-14H,7-8H2,1-2H3. The van der Waals surface area contributed by atoms with Gasteiger partial charge in [0.15, 0.2) is 5.78 Å². The number of Topliss-reactive ketones (excluding diaryl/α,β-unsaturated/α-hetero) is 1. The van der Waals surface area contributed by atoms with E-state index in [1.54, 1.807) is 6.92 Å². The van der Waals surface area contributed by atoms with Gasteiger partial charge in [0, 0.05) is 17.9 Å². The van der Waals surface area contributed by atoms with Crippen LogP contribution in [0, 0.1) is 0 Å². The summed E-state index contributed by atoms with van der Waals surface area (Å²) in [5.41, 5.74) is 1.80. The minimum Gasteiger partial charge on any atom is -0.380 e. The van der Waals surface area contributed by atoms with E-state index in [4.69, 9.17) is 4.74 Å². The summed E-state index contributed by atoms with van der Waals surface area (Å²) in [6.07, 6.45) is 1.29. The number of benzene rings is 1. The van der Waals surface area contributed by atoms with Crippen LogP contribution in [0.4, 0.5) is 5.69 Å². The minimum absolute atomic E-state index is 0.101. The first-order valence-corrected chi connectivity index (χ1v) is 5.66. The number of ketones is 1. The van der Waals surface area contributed by atoms with Crippen molar-refractivity contribution in [1.29, 1.82) is 0 Å². The predicted molar refractivity (Wildman–Crippen MR) is 63.9 cm³/mol. The normalized spacial score (nSPS) is 24.4. The molecule has 0 radical (unpaired) electrons. The summed E-state index contributed by atoms with van der Waals surface area (Å²) < 4.78 is 5.48. The molecule has 1 aromatic rings. The summed E-state index contributed by atoms with van der Waals surface area (Å²) in [5, 5.41) is 3.42. The number of ether oxygens (including phenoxy) is 1. The third-order valence-corrected chi connectivity index (χ3v) is 3.02. The van der Waals surface area contributed by atoms with Gasteiger partial charge in [0.2, 0.25) is 0 Å². The van der Waals surface area contributed by atoms with Crippen molar-refractivity contribution in [3.05, 3.63) is 29.8 Å². The number of hydrogen-bond donors (Lipinski definition) is 1. The number of carbonyl (C=O) groups excluding carboxylic acids is 1. The lowest BCUT2D eigenvalue weighted by molar-refractivity contribution is 0.101. The highest BCUT2D eigenvalue weighted by molar-refractivity contribution is 5.94. The smallest absolute Gasteiger partial charge is 0.159 e. The van der Waals surface area contributed by atoms with Gasteiger partial charge in [0.05, 0.1) is 12.1 Å². The molecule has 1 aromatic carbocycles. The maximum absolute atomic E-state index is 11.1. The van der Waals surface area contributed by atoms with Crippen molar-refractivity contribution in [3.8, 4) is 0 Å². The molecule has 1 saturated heterocycles. The lowest BCUT2D eigenvalue weighted by atomic mass is 10.1. The number of rotatable bonds is 3. The first-order valence-electron chi connectivity index (χ1n) is 5.66. The van der Waals surface area contributed by atoms with Crippen molar-refractivity contribution in [2.24, 2.45) is 0 Å². The van der Waals surface area contributed by atoms with Gasteiger partial charge in [-0.3, -0.25) is 4.79 Å². The Hall–Kier alpha value is -1.35. The maximum Gasteiger partial charge on any atom is 0.159 e. The molecule has 1 N–H and O–H groups in total. The van der Waals surface area contributed by atoms with Gasteiger partial charge in [-0.2, -0.15) is 0 Å². The molecular formula is C13H17NO2. The minimum atomic E-state index is 0.101. The maximum atomic E-state index is 11.1. The second kappa shape index (κ2) is 4.66. The predicted octanol–water partition coefficient (Wildman–Crippen LogP) is 2.48. The van der Waals surface area contributed by atoms with Crippen molar-refractivity contribution in [2.75, 3.05) is 11.9 Å². The number of nitrogens with one attached hydrogen (secondary N) is 1. The summed E-state index contributed by atoms with van der Waals surface area (Å²) in [7, 11) is 0. The Labute approximate surface area is 95.8 Å². The molecule has 1 aliphatic heterocycles. The summed E-state index contributed by atoms with van der Waals surface area (Å²) in [4.78, 5) is 11.1. The quantitative estimate of drug-likeness (QED) is 0.794. The van der Waals surface area contributed by atoms with Crippen LogP contribution in [-0.2, 0) is 4.74 Å². The summed E-state index contributed by atoms with van der Waals surface area (Å²) in [6.45, 7) is 4.48. The molecule has 0 amide bonds. The Morgan fingerprint density at radius 2 is 2.06 bits per heavy atom. The average Bonchev–Trinajstić information content (AvgIpc) is 2.65. The molecule has 0 bridgehead atoms. The van der Waals surface area contributed by atoms with Crippen molar-refractivity contribution in [1.82, 2.24) is 0 Å². The Kier molecular flexibility index (Phi) is 3.25. The van der Waals surface area contributed by atoms with Gasteiger partial charge in [0.25, 0.3) is 0 Å². The van der Waals surface area contributed by atoms with E-state index in [0.29, 0.717) is 6.04 Å². The molecule has 0 aromatic heterocycles. The fourth-order valence-electron chi connectivity index (χ4n) is 1.94. The summed E-state index contributed by atoms with van der Waals surface area (Å²) in [5.74, 6) is 0.101. The van der Waals surface area contributed by atoms with E-state index in [1.807, 2.05) is 24.3 Å². The van der Waals surface area contributed by atoms with Crippen LogP contribution in [0.15, 0.2) is 24.3 Å². The highest BCUT2D eigenvalue weighted by Crippen LogP contribution is 2.19. The third kappa shape index (κ3) is 2.42. The van der Waals surface area contributed by atoms with Gasteiger partial charge in [-0.15, -0.1) is 0 Å². The zero-order valence-corrected chi connectivity index (χ0v) is 9.69. The number of carbonyl (C=O) groups is 1. The zero-order chi connectivity index (χ0) is 11.5. The van der Waals surface area contributed by atoms with Crippen molar-refractivity contribution >= 4 is 11.5 Å². The van der Waals surface area contributed by atoms with Crippen LogP contribution in [0.5, 0.6) is 0 Å². The van der Waals surface area contributed by atoms with Crippen molar-refractivity contribution in [3.63, 3.8) is 0 Å². The number of hydrogen-bond acceptors (Lipinski definition) is 3. The number of anilines is 1. The first kappa shape index (κ1) is 11.1. The Morgan fingerprint density at radius 1 is 1.38 bits per heavy atom. The van der Waals surface area contributed by atoms with Crippen LogP contribution in [0.1, 0.15) is 30.6 Å². The molecule has 0 saturated carbocycles. The molecule has 16 heavy (non-hydrogen) atoms. The summed E-state index contributed by atoms with van der Waals surface area (Å²) in [6, 6.07) is 7.97. The van der Waals surface area contributed by atoms with Crippen molar-refractivity contribution < 1.29 is 9.53 Å². The fourth-order valence-corrected chi connectivity index (χ4v) is 1.94. The molecule has 2 unspecified atom stereocenters. The van der Waals surface area contributed by atoms with E-state index < -0.39 is 0 Å². The van der Waals surface area contributed by atoms with Gasteiger partial charge in [0.1, 0.15) is 0 Å². The van der Waals surface area contributed by atoms with Gasteiger partial charge in [-0.1, -0.05) is 0 Å². The lowest BCUT2D eigenvalue weighted by Gasteiger charge is -2.17. The molecule has 86 valence electrons.